The van der Waals surface area contributed by atoms with Crippen LogP contribution in [0.25, 0.3) is 0 Å². The first-order valence-electron chi connectivity index (χ1n) is 5.48. The van der Waals surface area contributed by atoms with Gasteiger partial charge in [-0.1, -0.05) is 0 Å². The van der Waals surface area contributed by atoms with Gasteiger partial charge in [0, 0.05) is 16.5 Å². The van der Waals surface area contributed by atoms with Crippen molar-refractivity contribution in [2.24, 2.45) is 0 Å². The Labute approximate surface area is 116 Å². The van der Waals surface area contributed by atoms with Gasteiger partial charge in [0.2, 0.25) is 0 Å². The highest BCUT2D eigenvalue weighted by Crippen LogP contribution is 2.34. The van der Waals surface area contributed by atoms with Gasteiger partial charge >= 0.3 is 5.97 Å². The minimum absolute atomic E-state index is 0.0842. The Hall–Kier alpha value is -1.89. The van der Waals surface area contributed by atoms with E-state index in [4.69, 9.17) is 9.84 Å². The number of ether oxygens (including phenoxy) is 1. The first kappa shape index (κ1) is 13.5. The molecule has 0 radical (unpaired) electrons. The Morgan fingerprint density at radius 2 is 2.11 bits per heavy atom. The molecule has 1 amide bonds. The zero-order chi connectivity index (χ0) is 14.0. The monoisotopic (exact) mass is 327 g/mol. The van der Waals surface area contributed by atoms with Crippen LogP contribution in [0.3, 0.4) is 0 Å². The number of carbonyl (C=O) groups is 3. The predicted octanol–water partition coefficient (Wildman–Crippen LogP) is 1.83. The second kappa shape index (κ2) is 5.40. The van der Waals surface area contributed by atoms with Crippen molar-refractivity contribution < 1.29 is 24.2 Å². The van der Waals surface area contributed by atoms with Crippen molar-refractivity contribution in [1.29, 1.82) is 0 Å². The third kappa shape index (κ3) is 3.11. The minimum atomic E-state index is -1.02. The molecule has 0 atom stereocenters. The van der Waals surface area contributed by atoms with E-state index in [0.29, 0.717) is 21.5 Å². The van der Waals surface area contributed by atoms with Gasteiger partial charge in [0.1, 0.15) is 5.75 Å². The minimum Gasteiger partial charge on any atom is -0.482 e. The molecular formula is C12H10BrNO5. The number of carbonyl (C=O) groups excluding carboxylic acids is 2. The number of anilines is 1. The van der Waals surface area contributed by atoms with E-state index in [2.05, 4.69) is 21.2 Å². The maximum Gasteiger partial charge on any atom is 0.303 e. The molecule has 0 aliphatic carbocycles. The molecule has 0 saturated heterocycles. The van der Waals surface area contributed by atoms with Crippen LogP contribution in [0.5, 0.6) is 5.75 Å². The maximum absolute atomic E-state index is 11.9. The number of halogens is 1. The summed E-state index contributed by atoms with van der Waals surface area (Å²) in [5.74, 6) is -1.17. The second-order valence-electron chi connectivity index (χ2n) is 3.98. The Morgan fingerprint density at radius 3 is 2.79 bits per heavy atom. The standard InChI is InChI=1S/C12H10BrNO5/c13-7-4-8-10(19-5-11(16)14-8)3-6(7)9(15)1-2-12(17)18/h3-4H,1-2,5H2,(H,14,16)(H,17,18). The number of fused-ring (bicyclic) bond motifs is 1. The van der Waals surface area contributed by atoms with E-state index < -0.39 is 5.97 Å². The Kier molecular flexibility index (Phi) is 3.84. The number of benzene rings is 1. The number of ketones is 1. The van der Waals surface area contributed by atoms with E-state index in [9.17, 15) is 14.4 Å². The lowest BCUT2D eigenvalue weighted by Crippen LogP contribution is -2.25. The molecule has 1 aliphatic rings. The molecule has 2 rings (SSSR count). The number of carboxylic acid groups (broad SMARTS) is 1. The first-order valence-corrected chi connectivity index (χ1v) is 6.28. The zero-order valence-electron chi connectivity index (χ0n) is 9.73. The Morgan fingerprint density at radius 1 is 1.37 bits per heavy atom. The summed E-state index contributed by atoms with van der Waals surface area (Å²) in [4.78, 5) is 33.5. The fourth-order valence-electron chi connectivity index (χ4n) is 1.67. The number of nitrogens with one attached hydrogen (secondary N) is 1. The number of hydrogen-bond acceptors (Lipinski definition) is 4. The van der Waals surface area contributed by atoms with Crippen LogP contribution >= 0.6 is 15.9 Å². The zero-order valence-corrected chi connectivity index (χ0v) is 11.3. The molecule has 19 heavy (non-hydrogen) atoms. The van der Waals surface area contributed by atoms with Gasteiger partial charge in [0.25, 0.3) is 5.91 Å². The SMILES string of the molecule is O=C(O)CCC(=O)c1cc2c(cc1Br)NC(=O)CO2. The van der Waals surface area contributed by atoms with Crippen LogP contribution in [0.15, 0.2) is 16.6 Å². The van der Waals surface area contributed by atoms with Gasteiger partial charge in [-0.05, 0) is 28.1 Å². The van der Waals surface area contributed by atoms with E-state index in [1.807, 2.05) is 0 Å². The number of rotatable bonds is 4. The second-order valence-corrected chi connectivity index (χ2v) is 4.84. The number of carboxylic acids is 1. The van der Waals surface area contributed by atoms with Crippen LogP contribution in [0.4, 0.5) is 5.69 Å². The smallest absolute Gasteiger partial charge is 0.303 e. The highest BCUT2D eigenvalue weighted by Gasteiger charge is 2.20. The molecule has 0 bridgehead atoms. The molecule has 6 nitrogen and oxygen atoms in total. The molecule has 1 heterocycles. The quantitative estimate of drug-likeness (QED) is 0.823. The number of aliphatic carboxylic acids is 1. The summed E-state index contributed by atoms with van der Waals surface area (Å²) in [5, 5.41) is 11.2. The fraction of sp³-hybridized carbons (Fsp3) is 0.250. The number of hydrogen-bond donors (Lipinski definition) is 2. The largest absolute Gasteiger partial charge is 0.482 e. The van der Waals surface area contributed by atoms with Crippen molar-refractivity contribution in [3.8, 4) is 5.75 Å². The molecule has 1 aliphatic heterocycles. The maximum atomic E-state index is 11.9. The summed E-state index contributed by atoms with van der Waals surface area (Å²) in [5.41, 5.74) is 0.828. The summed E-state index contributed by atoms with van der Waals surface area (Å²) >= 11 is 3.23. The van der Waals surface area contributed by atoms with Crippen molar-refractivity contribution in [2.45, 2.75) is 12.8 Å². The molecule has 0 saturated carbocycles. The molecule has 0 unspecified atom stereocenters. The molecule has 2 N–H and O–H groups in total. The van der Waals surface area contributed by atoms with E-state index in [1.54, 1.807) is 6.07 Å². The van der Waals surface area contributed by atoms with Crippen molar-refractivity contribution >= 4 is 39.3 Å². The molecule has 1 aromatic carbocycles. The van der Waals surface area contributed by atoms with Gasteiger partial charge in [-0.25, -0.2) is 0 Å². The average Bonchev–Trinajstić information content (AvgIpc) is 2.35. The van der Waals surface area contributed by atoms with Crippen molar-refractivity contribution in [2.75, 3.05) is 11.9 Å². The van der Waals surface area contributed by atoms with Crippen LogP contribution in [-0.4, -0.2) is 29.4 Å². The summed E-state index contributed by atoms with van der Waals surface area (Å²) in [6, 6.07) is 3.07. The van der Waals surface area contributed by atoms with Crippen molar-refractivity contribution in [3.63, 3.8) is 0 Å². The van der Waals surface area contributed by atoms with Crippen molar-refractivity contribution in [1.82, 2.24) is 0 Å². The van der Waals surface area contributed by atoms with Crippen molar-refractivity contribution in [3.05, 3.63) is 22.2 Å². The summed E-state index contributed by atoms with van der Waals surface area (Å²) in [6.07, 6.45) is -0.307. The van der Waals surface area contributed by atoms with Crippen LogP contribution in [-0.2, 0) is 9.59 Å². The van der Waals surface area contributed by atoms with Gasteiger partial charge in [-0.15, -0.1) is 0 Å². The van der Waals surface area contributed by atoms with Crippen LogP contribution in [0.2, 0.25) is 0 Å². The van der Waals surface area contributed by atoms with Gasteiger partial charge in [-0.2, -0.15) is 0 Å². The average molecular weight is 328 g/mol. The summed E-state index contributed by atoms with van der Waals surface area (Å²) in [7, 11) is 0. The van der Waals surface area contributed by atoms with E-state index in [0.717, 1.165) is 0 Å². The summed E-state index contributed by atoms with van der Waals surface area (Å²) in [6.45, 7) is -0.0998. The molecule has 100 valence electrons. The molecule has 0 fully saturated rings. The molecule has 7 heteroatoms. The highest BCUT2D eigenvalue weighted by molar-refractivity contribution is 9.10. The molecule has 0 aromatic heterocycles. The van der Waals surface area contributed by atoms with E-state index in [1.165, 1.54) is 6.07 Å². The van der Waals surface area contributed by atoms with E-state index >= 15 is 0 Å². The summed E-state index contributed by atoms with van der Waals surface area (Å²) < 4.78 is 5.70. The Balaban J connectivity index is 2.25. The molecule has 1 aromatic rings. The Bertz CT molecular complexity index is 569. The number of amides is 1. The van der Waals surface area contributed by atoms with Gasteiger partial charge in [-0.3, -0.25) is 14.4 Å². The third-order valence-corrected chi connectivity index (χ3v) is 3.22. The lowest BCUT2D eigenvalue weighted by Gasteiger charge is -2.19. The van der Waals surface area contributed by atoms with Crippen LogP contribution in [0.1, 0.15) is 23.2 Å². The van der Waals surface area contributed by atoms with Crippen LogP contribution in [0, 0.1) is 0 Å². The highest BCUT2D eigenvalue weighted by atomic mass is 79.9. The van der Waals surface area contributed by atoms with Gasteiger partial charge in [0.05, 0.1) is 12.1 Å². The fourth-order valence-corrected chi connectivity index (χ4v) is 2.23. The molecular weight excluding hydrogens is 318 g/mol. The molecule has 0 spiro atoms. The van der Waals surface area contributed by atoms with Gasteiger partial charge in [0.15, 0.2) is 12.4 Å². The predicted molar refractivity (Wildman–Crippen MR) is 69.5 cm³/mol. The van der Waals surface area contributed by atoms with Crippen LogP contribution < -0.4 is 10.1 Å². The van der Waals surface area contributed by atoms with E-state index in [-0.39, 0.29) is 31.1 Å². The van der Waals surface area contributed by atoms with Gasteiger partial charge < -0.3 is 15.2 Å². The number of Topliss-reactive ketones (excluding diaryl/α,β-unsaturated/α-hetero) is 1. The third-order valence-electron chi connectivity index (χ3n) is 2.57. The lowest BCUT2D eigenvalue weighted by molar-refractivity contribution is -0.137. The first-order chi connectivity index (χ1) is 8.97. The lowest BCUT2D eigenvalue weighted by atomic mass is 10.1. The normalized spacial score (nSPS) is 13.2. The topological polar surface area (TPSA) is 92.7 Å².